The molecule has 1 heteroatoms. The minimum atomic E-state index is 0.317. The Balaban J connectivity index is 3.36. The third kappa shape index (κ3) is 10.5. The summed E-state index contributed by atoms with van der Waals surface area (Å²) in [6.45, 7) is 11.4. The Morgan fingerprint density at radius 2 is 1.38 bits per heavy atom. The molecule has 0 heterocycles. The Morgan fingerprint density at radius 1 is 0.875 bits per heavy atom. The number of unbranched alkanes of at least 4 members (excludes halogenated alkanes) is 6. The summed E-state index contributed by atoms with van der Waals surface area (Å²) in [4.78, 5) is 0. The molecule has 16 heavy (non-hydrogen) atoms. The van der Waals surface area contributed by atoms with E-state index in [9.17, 15) is 0 Å². The van der Waals surface area contributed by atoms with Gasteiger partial charge in [-0.05, 0) is 20.3 Å². The van der Waals surface area contributed by atoms with Gasteiger partial charge in [-0.15, -0.1) is 0 Å². The van der Waals surface area contributed by atoms with Gasteiger partial charge in [0.1, 0.15) is 0 Å². The molecule has 0 aromatic heterocycles. The summed E-state index contributed by atoms with van der Waals surface area (Å²) in [6, 6.07) is 0.597. The lowest BCUT2D eigenvalue weighted by Crippen LogP contribution is -2.43. The van der Waals surface area contributed by atoms with Gasteiger partial charge in [0.25, 0.3) is 0 Å². The average molecular weight is 227 g/mol. The summed E-state index contributed by atoms with van der Waals surface area (Å²) in [5.41, 5.74) is 0.317. The quantitative estimate of drug-likeness (QED) is 0.523. The summed E-state index contributed by atoms with van der Waals surface area (Å²) in [5, 5.41) is 3.63. The Bertz CT molecular complexity index is 150. The lowest BCUT2D eigenvalue weighted by atomic mass is 9.95. The van der Waals surface area contributed by atoms with E-state index in [2.05, 4.69) is 39.9 Å². The lowest BCUT2D eigenvalue weighted by molar-refractivity contribution is 0.320. The molecule has 0 spiro atoms. The van der Waals surface area contributed by atoms with Gasteiger partial charge >= 0.3 is 0 Å². The fourth-order valence-corrected chi connectivity index (χ4v) is 2.38. The van der Waals surface area contributed by atoms with Gasteiger partial charge < -0.3 is 5.32 Å². The fraction of sp³-hybridized carbons (Fsp3) is 1.00. The van der Waals surface area contributed by atoms with Gasteiger partial charge in [-0.3, -0.25) is 0 Å². The fourth-order valence-electron chi connectivity index (χ4n) is 2.38. The highest BCUT2D eigenvalue weighted by molar-refractivity contribution is 4.78. The van der Waals surface area contributed by atoms with Crippen LogP contribution >= 0.6 is 0 Å². The van der Waals surface area contributed by atoms with Gasteiger partial charge in [-0.1, -0.05) is 65.7 Å². The normalized spacial score (nSPS) is 12.4. The van der Waals surface area contributed by atoms with E-state index in [1.165, 1.54) is 51.4 Å². The maximum Gasteiger partial charge on any atom is 0.0127 e. The van der Waals surface area contributed by atoms with Crippen molar-refractivity contribution < 1.29 is 0 Å². The third-order valence-electron chi connectivity index (χ3n) is 3.08. The Kier molecular flexibility index (Phi) is 9.02. The maximum atomic E-state index is 3.63. The molecule has 0 amide bonds. The highest BCUT2D eigenvalue weighted by Crippen LogP contribution is 2.16. The van der Waals surface area contributed by atoms with Crippen LogP contribution in [0.5, 0.6) is 0 Å². The Morgan fingerprint density at radius 3 is 1.88 bits per heavy atom. The standard InChI is InChI=1S/C15H33N/c1-6-7-8-9-10-11-12-13-15(4,5)16-14(2)3/h14,16H,6-13H2,1-5H3. The molecular formula is C15H33N. The SMILES string of the molecule is CCCCCCCCCC(C)(C)NC(C)C. The molecule has 0 unspecified atom stereocenters. The smallest absolute Gasteiger partial charge is 0.0127 e. The molecule has 0 aliphatic rings. The Hall–Kier alpha value is -0.0400. The summed E-state index contributed by atoms with van der Waals surface area (Å²) in [7, 11) is 0. The zero-order chi connectivity index (χ0) is 12.4. The summed E-state index contributed by atoms with van der Waals surface area (Å²) in [5.74, 6) is 0. The van der Waals surface area contributed by atoms with Crippen molar-refractivity contribution in [3.05, 3.63) is 0 Å². The van der Waals surface area contributed by atoms with Crippen LogP contribution in [0.2, 0.25) is 0 Å². The van der Waals surface area contributed by atoms with E-state index < -0.39 is 0 Å². The predicted octanol–water partition coefficient (Wildman–Crippen LogP) is 4.90. The lowest BCUT2D eigenvalue weighted by Gasteiger charge is -2.29. The van der Waals surface area contributed by atoms with Gasteiger partial charge in [0.05, 0.1) is 0 Å². The van der Waals surface area contributed by atoms with Crippen LogP contribution in [0.1, 0.15) is 86.0 Å². The second-order valence-electron chi connectivity index (χ2n) is 6.05. The largest absolute Gasteiger partial charge is 0.310 e. The molecule has 0 aromatic rings. The monoisotopic (exact) mass is 227 g/mol. The van der Waals surface area contributed by atoms with E-state index in [1.54, 1.807) is 0 Å². The number of nitrogens with one attached hydrogen (secondary N) is 1. The highest BCUT2D eigenvalue weighted by atomic mass is 15.0. The molecular weight excluding hydrogens is 194 g/mol. The second kappa shape index (κ2) is 9.04. The van der Waals surface area contributed by atoms with E-state index in [1.807, 2.05) is 0 Å². The van der Waals surface area contributed by atoms with Crippen molar-refractivity contribution in [3.63, 3.8) is 0 Å². The zero-order valence-corrected chi connectivity index (χ0v) is 12.2. The first kappa shape index (κ1) is 16.0. The average Bonchev–Trinajstić information content (AvgIpc) is 2.14. The van der Waals surface area contributed by atoms with Gasteiger partial charge in [0.15, 0.2) is 0 Å². The molecule has 0 aromatic carbocycles. The van der Waals surface area contributed by atoms with Crippen LogP contribution in [0.15, 0.2) is 0 Å². The summed E-state index contributed by atoms with van der Waals surface area (Å²) >= 11 is 0. The van der Waals surface area contributed by atoms with Gasteiger partial charge in [-0.2, -0.15) is 0 Å². The minimum absolute atomic E-state index is 0.317. The van der Waals surface area contributed by atoms with Gasteiger partial charge in [0.2, 0.25) is 0 Å². The molecule has 0 fully saturated rings. The van der Waals surface area contributed by atoms with Crippen molar-refractivity contribution in [1.82, 2.24) is 5.32 Å². The van der Waals surface area contributed by atoms with Gasteiger partial charge in [-0.25, -0.2) is 0 Å². The van der Waals surface area contributed by atoms with Crippen LogP contribution in [-0.4, -0.2) is 11.6 Å². The molecule has 0 aliphatic heterocycles. The van der Waals surface area contributed by atoms with Crippen LogP contribution in [0, 0.1) is 0 Å². The van der Waals surface area contributed by atoms with Crippen molar-refractivity contribution in [2.75, 3.05) is 0 Å². The van der Waals surface area contributed by atoms with Crippen molar-refractivity contribution >= 4 is 0 Å². The minimum Gasteiger partial charge on any atom is -0.310 e. The van der Waals surface area contributed by atoms with Crippen molar-refractivity contribution in [1.29, 1.82) is 0 Å². The zero-order valence-electron chi connectivity index (χ0n) is 12.2. The first-order valence-electron chi connectivity index (χ1n) is 7.25. The second-order valence-corrected chi connectivity index (χ2v) is 6.05. The molecule has 0 bridgehead atoms. The van der Waals surface area contributed by atoms with Crippen molar-refractivity contribution in [2.24, 2.45) is 0 Å². The molecule has 0 saturated carbocycles. The molecule has 0 aliphatic carbocycles. The molecule has 0 rings (SSSR count). The highest BCUT2D eigenvalue weighted by Gasteiger charge is 2.17. The van der Waals surface area contributed by atoms with E-state index in [4.69, 9.17) is 0 Å². The van der Waals surface area contributed by atoms with Crippen LogP contribution in [-0.2, 0) is 0 Å². The van der Waals surface area contributed by atoms with E-state index in [0.717, 1.165) is 0 Å². The van der Waals surface area contributed by atoms with Crippen LogP contribution in [0.4, 0.5) is 0 Å². The first-order chi connectivity index (χ1) is 7.48. The topological polar surface area (TPSA) is 12.0 Å². The molecule has 0 atom stereocenters. The molecule has 0 radical (unpaired) electrons. The van der Waals surface area contributed by atoms with E-state index >= 15 is 0 Å². The van der Waals surface area contributed by atoms with Crippen molar-refractivity contribution in [3.8, 4) is 0 Å². The molecule has 1 N–H and O–H groups in total. The predicted molar refractivity (Wildman–Crippen MR) is 75.0 cm³/mol. The number of hydrogen-bond donors (Lipinski definition) is 1. The van der Waals surface area contributed by atoms with Crippen LogP contribution < -0.4 is 5.32 Å². The van der Waals surface area contributed by atoms with E-state index in [0.29, 0.717) is 11.6 Å². The van der Waals surface area contributed by atoms with Crippen molar-refractivity contribution in [2.45, 2.75) is 97.6 Å². The van der Waals surface area contributed by atoms with Crippen LogP contribution in [0.3, 0.4) is 0 Å². The summed E-state index contributed by atoms with van der Waals surface area (Å²) in [6.07, 6.45) is 11.2. The van der Waals surface area contributed by atoms with Crippen LogP contribution in [0.25, 0.3) is 0 Å². The maximum absolute atomic E-state index is 3.63. The van der Waals surface area contributed by atoms with E-state index in [-0.39, 0.29) is 0 Å². The number of hydrogen-bond acceptors (Lipinski definition) is 1. The Labute approximate surface area is 103 Å². The first-order valence-corrected chi connectivity index (χ1v) is 7.25. The summed E-state index contributed by atoms with van der Waals surface area (Å²) < 4.78 is 0. The van der Waals surface area contributed by atoms with Gasteiger partial charge in [0, 0.05) is 11.6 Å². The number of rotatable bonds is 10. The third-order valence-corrected chi connectivity index (χ3v) is 3.08. The molecule has 0 saturated heterocycles. The molecule has 1 nitrogen and oxygen atoms in total. The molecule has 98 valence electrons.